The lowest BCUT2D eigenvalue weighted by atomic mass is 9.98. The van der Waals surface area contributed by atoms with Crippen LogP contribution in [-0.2, 0) is 4.43 Å². The summed E-state index contributed by atoms with van der Waals surface area (Å²) in [7, 11) is -1.71. The fourth-order valence-electron chi connectivity index (χ4n) is 1.82. The molecule has 0 amide bonds. The molecule has 0 bridgehead atoms. The molecule has 0 unspecified atom stereocenters. The molecule has 110 valence electrons. The second-order valence-electron chi connectivity index (χ2n) is 7.06. The summed E-state index contributed by atoms with van der Waals surface area (Å²) in [5.74, 6) is 3.08. The van der Waals surface area contributed by atoms with E-state index in [0.717, 1.165) is 18.4 Å². The van der Waals surface area contributed by atoms with Crippen LogP contribution in [0.1, 0.15) is 54.4 Å². The first kappa shape index (κ1) is 18.5. The molecule has 0 heterocycles. The summed E-state index contributed by atoms with van der Waals surface area (Å²) in [6, 6.07) is 0. The molecule has 19 heavy (non-hydrogen) atoms. The lowest BCUT2D eigenvalue weighted by Gasteiger charge is -2.40. The van der Waals surface area contributed by atoms with E-state index in [9.17, 15) is 0 Å². The number of hydrogen-bond acceptors (Lipinski definition) is 1. The zero-order chi connectivity index (χ0) is 15.3. The summed E-state index contributed by atoms with van der Waals surface area (Å²) in [5, 5.41) is 0.254. The molecular formula is C17H32OSi. The number of allylic oxidation sites excluding steroid dienone is 1. The van der Waals surface area contributed by atoms with Crippen LogP contribution in [-0.4, -0.2) is 14.4 Å². The Morgan fingerprint density at radius 1 is 1.37 bits per heavy atom. The van der Waals surface area contributed by atoms with Crippen molar-refractivity contribution in [2.24, 2.45) is 5.92 Å². The molecule has 0 aliphatic heterocycles. The summed E-state index contributed by atoms with van der Waals surface area (Å²) in [6.07, 6.45) is 10.1. The molecule has 0 aromatic rings. The fourth-order valence-corrected chi connectivity index (χ4v) is 3.26. The van der Waals surface area contributed by atoms with Gasteiger partial charge in [-0.25, -0.2) is 0 Å². The van der Waals surface area contributed by atoms with E-state index in [-0.39, 0.29) is 11.1 Å². The molecule has 0 spiro atoms. The van der Waals surface area contributed by atoms with Gasteiger partial charge in [0.15, 0.2) is 8.32 Å². The fraction of sp³-hybridized carbons (Fsp3) is 0.765. The Balaban J connectivity index is 5.00. The van der Waals surface area contributed by atoms with E-state index in [0.29, 0.717) is 5.92 Å². The summed E-state index contributed by atoms with van der Waals surface area (Å²) < 4.78 is 6.58. The lowest BCUT2D eigenvalue weighted by molar-refractivity contribution is 0.135. The zero-order valence-electron chi connectivity index (χ0n) is 14.1. The smallest absolute Gasteiger partial charge is 0.192 e. The van der Waals surface area contributed by atoms with Crippen LogP contribution in [0.4, 0.5) is 0 Å². The molecule has 0 radical (unpaired) electrons. The van der Waals surface area contributed by atoms with Gasteiger partial charge < -0.3 is 4.43 Å². The van der Waals surface area contributed by atoms with Crippen LogP contribution in [0.2, 0.25) is 18.1 Å². The molecule has 2 heteroatoms. The molecule has 0 rings (SSSR count). The van der Waals surface area contributed by atoms with Gasteiger partial charge in [0.05, 0.1) is 6.10 Å². The topological polar surface area (TPSA) is 9.23 Å². The standard InChI is InChI=1S/C17H32OSi/c1-10-12-16(15(4)13-14(3)11-2)18-19(8,9)17(5,6)7/h2,13,15-16H,10,12H2,1,3-9H3/b14-13+/t15-,16-/m0/s1. The molecule has 0 fully saturated rings. The van der Waals surface area contributed by atoms with Crippen LogP contribution in [0.3, 0.4) is 0 Å². The van der Waals surface area contributed by atoms with E-state index in [4.69, 9.17) is 10.8 Å². The lowest BCUT2D eigenvalue weighted by Crippen LogP contribution is -2.45. The molecule has 0 saturated carbocycles. The highest BCUT2D eigenvalue weighted by molar-refractivity contribution is 6.74. The van der Waals surface area contributed by atoms with Crippen LogP contribution < -0.4 is 0 Å². The van der Waals surface area contributed by atoms with E-state index in [2.05, 4.69) is 59.7 Å². The van der Waals surface area contributed by atoms with E-state index < -0.39 is 8.32 Å². The van der Waals surface area contributed by atoms with Crippen molar-refractivity contribution in [2.45, 2.75) is 78.6 Å². The molecule has 0 saturated heterocycles. The second-order valence-corrected chi connectivity index (χ2v) is 11.8. The third-order valence-corrected chi connectivity index (χ3v) is 8.66. The van der Waals surface area contributed by atoms with Crippen molar-refractivity contribution in [2.75, 3.05) is 0 Å². The maximum absolute atomic E-state index is 6.58. The molecular weight excluding hydrogens is 248 g/mol. The average molecular weight is 281 g/mol. The molecule has 0 aliphatic carbocycles. The first-order valence-corrected chi connectivity index (χ1v) is 10.3. The van der Waals surface area contributed by atoms with Gasteiger partial charge in [-0.1, -0.05) is 53.0 Å². The van der Waals surface area contributed by atoms with Crippen LogP contribution in [0.5, 0.6) is 0 Å². The Morgan fingerprint density at radius 2 is 1.89 bits per heavy atom. The van der Waals surface area contributed by atoms with Gasteiger partial charge in [0, 0.05) is 5.92 Å². The van der Waals surface area contributed by atoms with E-state index >= 15 is 0 Å². The Morgan fingerprint density at radius 3 is 2.26 bits per heavy atom. The van der Waals surface area contributed by atoms with Crippen molar-refractivity contribution < 1.29 is 4.43 Å². The van der Waals surface area contributed by atoms with Gasteiger partial charge in [0.25, 0.3) is 0 Å². The Kier molecular flexibility index (Phi) is 7.11. The number of hydrogen-bond donors (Lipinski definition) is 0. The van der Waals surface area contributed by atoms with Gasteiger partial charge in [0.1, 0.15) is 0 Å². The van der Waals surface area contributed by atoms with Gasteiger partial charge in [0.2, 0.25) is 0 Å². The quantitative estimate of drug-likeness (QED) is 0.468. The van der Waals surface area contributed by atoms with Crippen molar-refractivity contribution in [3.05, 3.63) is 11.6 Å². The van der Waals surface area contributed by atoms with Crippen molar-refractivity contribution in [3.63, 3.8) is 0 Å². The molecule has 0 aromatic heterocycles. The molecule has 0 N–H and O–H groups in total. The van der Waals surface area contributed by atoms with Gasteiger partial charge in [-0.05, 0) is 37.0 Å². The summed E-state index contributed by atoms with van der Waals surface area (Å²) in [5.41, 5.74) is 1.01. The summed E-state index contributed by atoms with van der Waals surface area (Å²) in [6.45, 7) is 17.9. The highest BCUT2D eigenvalue weighted by Crippen LogP contribution is 2.38. The minimum atomic E-state index is -1.71. The van der Waals surface area contributed by atoms with Gasteiger partial charge in [-0.3, -0.25) is 0 Å². The largest absolute Gasteiger partial charge is 0.413 e. The van der Waals surface area contributed by atoms with Crippen LogP contribution in [0.15, 0.2) is 11.6 Å². The van der Waals surface area contributed by atoms with E-state index in [1.165, 1.54) is 0 Å². The number of rotatable bonds is 6. The maximum atomic E-state index is 6.58. The first-order valence-electron chi connectivity index (χ1n) is 7.38. The van der Waals surface area contributed by atoms with Crippen molar-refractivity contribution in [1.82, 2.24) is 0 Å². The van der Waals surface area contributed by atoms with Crippen LogP contribution in [0, 0.1) is 18.3 Å². The maximum Gasteiger partial charge on any atom is 0.192 e. The minimum absolute atomic E-state index is 0.254. The third-order valence-electron chi connectivity index (χ3n) is 4.15. The highest BCUT2D eigenvalue weighted by Gasteiger charge is 2.39. The Bertz CT molecular complexity index is 341. The monoisotopic (exact) mass is 280 g/mol. The second kappa shape index (κ2) is 7.31. The summed E-state index contributed by atoms with van der Waals surface area (Å²) >= 11 is 0. The number of terminal acetylenes is 1. The first-order chi connectivity index (χ1) is 8.55. The van der Waals surface area contributed by atoms with Gasteiger partial charge in [-0.2, -0.15) is 0 Å². The van der Waals surface area contributed by atoms with Crippen LogP contribution >= 0.6 is 0 Å². The average Bonchev–Trinajstić information content (AvgIpc) is 2.26. The molecule has 2 atom stereocenters. The van der Waals surface area contributed by atoms with Gasteiger partial charge >= 0.3 is 0 Å². The highest BCUT2D eigenvalue weighted by atomic mass is 28.4. The van der Waals surface area contributed by atoms with Gasteiger partial charge in [-0.15, -0.1) is 6.42 Å². The third kappa shape index (κ3) is 5.97. The Hall–Kier alpha value is -0.523. The SMILES string of the molecule is C#C/C(C)=C/[C@H](C)[C@H](CCC)O[Si](C)(C)C(C)(C)C. The minimum Gasteiger partial charge on any atom is -0.413 e. The van der Waals surface area contributed by atoms with E-state index in [1.54, 1.807) is 0 Å². The molecule has 1 nitrogen and oxygen atoms in total. The van der Waals surface area contributed by atoms with Crippen LogP contribution in [0.25, 0.3) is 0 Å². The van der Waals surface area contributed by atoms with Crippen molar-refractivity contribution >= 4 is 8.32 Å². The molecule has 0 aromatic carbocycles. The van der Waals surface area contributed by atoms with Crippen molar-refractivity contribution in [3.8, 4) is 12.3 Å². The predicted molar refractivity (Wildman–Crippen MR) is 88.7 cm³/mol. The summed E-state index contributed by atoms with van der Waals surface area (Å²) in [4.78, 5) is 0. The van der Waals surface area contributed by atoms with Crippen molar-refractivity contribution in [1.29, 1.82) is 0 Å². The normalized spacial score (nSPS) is 16.9. The van der Waals surface area contributed by atoms with E-state index in [1.807, 2.05) is 6.92 Å². The predicted octanol–water partition coefficient (Wildman–Crippen LogP) is 5.39. The zero-order valence-corrected chi connectivity index (χ0v) is 15.1. The Labute approximate surface area is 122 Å². The molecule has 0 aliphatic rings.